The number of likely N-dealkylation sites (tertiary alicyclic amines) is 1. The molecule has 140 valence electrons. The molecule has 1 saturated carbocycles. The van der Waals surface area contributed by atoms with Crippen LogP contribution in [-0.4, -0.2) is 40.9 Å². The summed E-state index contributed by atoms with van der Waals surface area (Å²) in [6.07, 6.45) is 2.87. The number of anilines is 1. The van der Waals surface area contributed by atoms with Gasteiger partial charge >= 0.3 is 6.09 Å². The van der Waals surface area contributed by atoms with E-state index in [4.69, 9.17) is 4.74 Å². The molecule has 0 aromatic heterocycles. The summed E-state index contributed by atoms with van der Waals surface area (Å²) < 4.78 is 5.39. The Kier molecular flexibility index (Phi) is 5.03. The monoisotopic (exact) mass is 358 g/mol. The van der Waals surface area contributed by atoms with Crippen molar-refractivity contribution in [3.8, 4) is 0 Å². The molecule has 1 aromatic carbocycles. The minimum atomic E-state index is -0.593. The zero-order valence-electron chi connectivity index (χ0n) is 15.6. The molecule has 1 unspecified atom stereocenters. The summed E-state index contributed by atoms with van der Waals surface area (Å²) in [6.45, 7) is 5.93. The van der Waals surface area contributed by atoms with E-state index in [9.17, 15) is 14.4 Å². The number of Topliss-reactive ketones (excluding diaryl/α,β-unsaturated/α-hetero) is 1. The van der Waals surface area contributed by atoms with E-state index < -0.39 is 17.7 Å². The first kappa shape index (κ1) is 18.4. The van der Waals surface area contributed by atoms with E-state index in [-0.39, 0.29) is 17.6 Å². The Labute approximate surface area is 153 Å². The molecule has 2 aliphatic rings. The maximum atomic E-state index is 12.6. The van der Waals surface area contributed by atoms with Crippen molar-refractivity contribution in [3.05, 3.63) is 29.8 Å². The van der Waals surface area contributed by atoms with Crippen LogP contribution in [0.5, 0.6) is 0 Å². The van der Waals surface area contributed by atoms with Gasteiger partial charge in [0.1, 0.15) is 11.6 Å². The van der Waals surface area contributed by atoms with Crippen LogP contribution in [0, 0.1) is 5.92 Å². The lowest BCUT2D eigenvalue weighted by molar-refractivity contribution is -0.120. The van der Waals surface area contributed by atoms with Gasteiger partial charge in [0.15, 0.2) is 5.78 Å². The highest BCUT2D eigenvalue weighted by Crippen LogP contribution is 2.32. The number of nitrogens with one attached hydrogen (secondary N) is 1. The van der Waals surface area contributed by atoms with Crippen molar-refractivity contribution in [2.75, 3.05) is 11.9 Å². The second kappa shape index (κ2) is 7.09. The molecule has 3 rings (SSSR count). The number of rotatable bonds is 4. The van der Waals surface area contributed by atoms with Gasteiger partial charge in [-0.05, 0) is 70.7 Å². The van der Waals surface area contributed by atoms with E-state index in [1.165, 1.54) is 4.90 Å². The number of ether oxygens (including phenoxy) is 1. The summed E-state index contributed by atoms with van der Waals surface area (Å²) in [4.78, 5) is 38.4. The van der Waals surface area contributed by atoms with Crippen LogP contribution in [0.3, 0.4) is 0 Å². The third kappa shape index (κ3) is 4.42. The zero-order chi connectivity index (χ0) is 18.9. The Morgan fingerprint density at radius 2 is 1.73 bits per heavy atom. The first-order valence-corrected chi connectivity index (χ1v) is 9.19. The van der Waals surface area contributed by atoms with Gasteiger partial charge < -0.3 is 10.1 Å². The lowest BCUT2D eigenvalue weighted by Crippen LogP contribution is -2.45. The molecule has 0 radical (unpaired) electrons. The summed E-state index contributed by atoms with van der Waals surface area (Å²) in [5.41, 5.74) is 0.713. The van der Waals surface area contributed by atoms with Crippen molar-refractivity contribution in [2.24, 2.45) is 5.92 Å². The predicted molar refractivity (Wildman–Crippen MR) is 98.1 cm³/mol. The molecule has 26 heavy (non-hydrogen) atoms. The number of ketones is 1. The van der Waals surface area contributed by atoms with E-state index >= 15 is 0 Å². The Bertz CT molecular complexity index is 702. The summed E-state index contributed by atoms with van der Waals surface area (Å²) in [5, 5.41) is 2.84. The maximum absolute atomic E-state index is 12.6. The standard InChI is InChI=1S/C20H26N2O4/c1-20(2,3)26-19(25)22-12-4-5-16(22)18(24)21-15-10-8-14(9-11-15)17(23)13-6-7-13/h8-11,13,16H,4-7,12H2,1-3H3,(H,21,24). The van der Waals surface area contributed by atoms with Crippen molar-refractivity contribution in [1.29, 1.82) is 0 Å². The highest BCUT2D eigenvalue weighted by Gasteiger charge is 2.36. The van der Waals surface area contributed by atoms with Crippen molar-refractivity contribution >= 4 is 23.5 Å². The van der Waals surface area contributed by atoms with E-state index in [2.05, 4.69) is 5.32 Å². The second-order valence-corrected chi connectivity index (χ2v) is 8.04. The average Bonchev–Trinajstić information content (AvgIpc) is 3.29. The Morgan fingerprint density at radius 3 is 2.31 bits per heavy atom. The maximum Gasteiger partial charge on any atom is 0.410 e. The number of hydrogen-bond donors (Lipinski definition) is 1. The summed E-state index contributed by atoms with van der Waals surface area (Å²) >= 11 is 0. The largest absolute Gasteiger partial charge is 0.444 e. The van der Waals surface area contributed by atoms with Crippen LogP contribution in [0.4, 0.5) is 10.5 Å². The Hall–Kier alpha value is -2.37. The van der Waals surface area contributed by atoms with E-state index in [1.54, 1.807) is 45.0 Å². The van der Waals surface area contributed by atoms with Gasteiger partial charge in [0.25, 0.3) is 0 Å². The third-order valence-corrected chi connectivity index (χ3v) is 4.57. The fraction of sp³-hybridized carbons (Fsp3) is 0.550. The fourth-order valence-corrected chi connectivity index (χ4v) is 3.10. The van der Waals surface area contributed by atoms with Crippen molar-refractivity contribution in [3.63, 3.8) is 0 Å². The molecule has 6 heteroatoms. The van der Waals surface area contributed by atoms with Crippen LogP contribution < -0.4 is 5.32 Å². The molecule has 0 bridgehead atoms. The lowest BCUT2D eigenvalue weighted by Gasteiger charge is -2.28. The zero-order valence-corrected chi connectivity index (χ0v) is 15.6. The fourth-order valence-electron chi connectivity index (χ4n) is 3.10. The second-order valence-electron chi connectivity index (χ2n) is 8.04. The normalized spacial score (nSPS) is 20.0. The summed E-state index contributed by atoms with van der Waals surface area (Å²) in [5.74, 6) is 0.126. The van der Waals surface area contributed by atoms with Crippen LogP contribution in [0.15, 0.2) is 24.3 Å². The highest BCUT2D eigenvalue weighted by molar-refractivity contribution is 6.00. The Morgan fingerprint density at radius 1 is 1.08 bits per heavy atom. The van der Waals surface area contributed by atoms with Gasteiger partial charge in [-0.15, -0.1) is 0 Å². The first-order chi connectivity index (χ1) is 12.2. The van der Waals surface area contributed by atoms with E-state index in [0.29, 0.717) is 24.2 Å². The molecule has 2 amide bonds. The molecule has 1 saturated heterocycles. The smallest absolute Gasteiger partial charge is 0.410 e. The van der Waals surface area contributed by atoms with Gasteiger partial charge in [-0.3, -0.25) is 14.5 Å². The lowest BCUT2D eigenvalue weighted by atomic mass is 10.1. The van der Waals surface area contributed by atoms with Gasteiger partial charge in [0.05, 0.1) is 0 Å². The molecule has 1 N–H and O–H groups in total. The Balaban J connectivity index is 1.61. The van der Waals surface area contributed by atoms with Crippen LogP contribution in [0.2, 0.25) is 0 Å². The molecule has 1 aliphatic carbocycles. The van der Waals surface area contributed by atoms with Crippen molar-refractivity contribution in [2.45, 2.75) is 58.1 Å². The van der Waals surface area contributed by atoms with Crippen LogP contribution in [0.25, 0.3) is 0 Å². The number of hydrogen-bond acceptors (Lipinski definition) is 4. The number of carbonyl (C=O) groups excluding carboxylic acids is 3. The molecule has 1 aliphatic heterocycles. The van der Waals surface area contributed by atoms with Crippen molar-refractivity contribution < 1.29 is 19.1 Å². The number of benzene rings is 1. The van der Waals surface area contributed by atoms with Gasteiger partial charge in [0, 0.05) is 23.7 Å². The molecule has 6 nitrogen and oxygen atoms in total. The quantitative estimate of drug-likeness (QED) is 0.834. The molecule has 2 fully saturated rings. The predicted octanol–water partition coefficient (Wildman–Crippen LogP) is 3.62. The van der Waals surface area contributed by atoms with Gasteiger partial charge in [-0.2, -0.15) is 0 Å². The number of amides is 2. The SMILES string of the molecule is CC(C)(C)OC(=O)N1CCCC1C(=O)Nc1ccc(C(=O)C2CC2)cc1. The summed E-state index contributed by atoms with van der Waals surface area (Å²) in [6, 6.07) is 6.44. The van der Waals surface area contributed by atoms with Gasteiger partial charge in [0.2, 0.25) is 5.91 Å². The number of nitrogens with zero attached hydrogens (tertiary/aromatic N) is 1. The topological polar surface area (TPSA) is 75.7 Å². The van der Waals surface area contributed by atoms with Gasteiger partial charge in [-0.25, -0.2) is 4.79 Å². The number of carbonyl (C=O) groups is 3. The average molecular weight is 358 g/mol. The molecule has 0 spiro atoms. The van der Waals surface area contributed by atoms with Crippen molar-refractivity contribution in [1.82, 2.24) is 4.90 Å². The van der Waals surface area contributed by atoms with Gasteiger partial charge in [-0.1, -0.05) is 0 Å². The minimum Gasteiger partial charge on any atom is -0.444 e. The highest BCUT2D eigenvalue weighted by atomic mass is 16.6. The molecular weight excluding hydrogens is 332 g/mol. The third-order valence-electron chi connectivity index (χ3n) is 4.57. The molecule has 1 atom stereocenters. The molecule has 1 heterocycles. The molecular formula is C20H26N2O4. The molecule has 1 aromatic rings. The minimum absolute atomic E-state index is 0.176. The first-order valence-electron chi connectivity index (χ1n) is 9.19. The van der Waals surface area contributed by atoms with E-state index in [1.807, 2.05) is 0 Å². The summed E-state index contributed by atoms with van der Waals surface area (Å²) in [7, 11) is 0. The van der Waals surface area contributed by atoms with E-state index in [0.717, 1.165) is 19.3 Å². The van der Waals surface area contributed by atoms with Crippen LogP contribution >= 0.6 is 0 Å². The van der Waals surface area contributed by atoms with Crippen LogP contribution in [-0.2, 0) is 9.53 Å². The van der Waals surface area contributed by atoms with Crippen LogP contribution in [0.1, 0.15) is 56.8 Å².